The van der Waals surface area contributed by atoms with Gasteiger partial charge in [-0.15, -0.1) is 0 Å². The first-order chi connectivity index (χ1) is 12.7. The first-order valence-electron chi connectivity index (χ1n) is 7.92. The second kappa shape index (κ2) is 6.76. The van der Waals surface area contributed by atoms with Crippen molar-refractivity contribution in [2.75, 3.05) is 0 Å². The average molecular weight is 348 g/mol. The molecule has 6 heteroatoms. The lowest BCUT2D eigenvalue weighted by molar-refractivity contribution is 0.309. The number of benzene rings is 2. The van der Waals surface area contributed by atoms with Gasteiger partial charge in [0.25, 0.3) is 0 Å². The van der Waals surface area contributed by atoms with Gasteiger partial charge in [-0.1, -0.05) is 18.2 Å². The molecule has 128 valence electrons. The van der Waals surface area contributed by atoms with E-state index in [9.17, 15) is 9.18 Å². The maximum atomic E-state index is 13.0. The van der Waals surface area contributed by atoms with E-state index >= 15 is 0 Å². The number of halogens is 1. The molecule has 0 aliphatic rings. The summed E-state index contributed by atoms with van der Waals surface area (Å²) >= 11 is 0. The number of rotatable bonds is 4. The summed E-state index contributed by atoms with van der Waals surface area (Å²) in [4.78, 5) is 20.8. The van der Waals surface area contributed by atoms with Gasteiger partial charge in [0.15, 0.2) is 17.0 Å². The van der Waals surface area contributed by atoms with Crippen LogP contribution in [0.4, 0.5) is 4.39 Å². The summed E-state index contributed by atoms with van der Waals surface area (Å²) in [7, 11) is 0. The molecular weight excluding hydrogens is 335 g/mol. The summed E-state index contributed by atoms with van der Waals surface area (Å²) < 4.78 is 24.5. The van der Waals surface area contributed by atoms with Crippen molar-refractivity contribution < 1.29 is 13.5 Å². The topological polar surface area (TPSA) is 65.2 Å². The third-order valence-electron chi connectivity index (χ3n) is 3.81. The van der Waals surface area contributed by atoms with Crippen molar-refractivity contribution in [1.82, 2.24) is 9.97 Å². The van der Waals surface area contributed by atoms with E-state index in [1.807, 2.05) is 0 Å². The lowest BCUT2D eigenvalue weighted by Gasteiger charge is -2.09. The van der Waals surface area contributed by atoms with Crippen molar-refractivity contribution in [1.29, 1.82) is 0 Å². The number of nitrogens with zero attached hydrogens (tertiary/aromatic N) is 2. The average Bonchev–Trinajstić information content (AvgIpc) is 2.68. The fraction of sp³-hybridized carbons (Fsp3) is 0.0500. The second-order valence-electron chi connectivity index (χ2n) is 5.59. The molecule has 0 unspecified atom stereocenters. The van der Waals surface area contributed by atoms with Crippen molar-refractivity contribution in [3.8, 4) is 17.3 Å². The maximum Gasteiger partial charge on any atom is 0.197 e. The monoisotopic (exact) mass is 348 g/mol. The Balaban J connectivity index is 1.70. The number of ether oxygens (including phenoxy) is 1. The molecule has 0 radical (unpaired) electrons. The first-order valence-corrected chi connectivity index (χ1v) is 7.92. The largest absolute Gasteiger partial charge is 0.488 e. The molecule has 0 bridgehead atoms. The van der Waals surface area contributed by atoms with Crippen LogP contribution in [0.3, 0.4) is 0 Å². The number of fused-ring (bicyclic) bond motifs is 1. The number of aromatic nitrogens is 2. The van der Waals surface area contributed by atoms with Crippen LogP contribution < -0.4 is 10.2 Å². The van der Waals surface area contributed by atoms with Crippen LogP contribution in [0, 0.1) is 5.82 Å². The minimum absolute atomic E-state index is 0.211. The molecule has 2 aromatic heterocycles. The highest BCUT2D eigenvalue weighted by molar-refractivity contribution is 5.84. The predicted octanol–water partition coefficient (Wildman–Crippen LogP) is 3.97. The van der Waals surface area contributed by atoms with Crippen LogP contribution in [0.15, 0.2) is 76.2 Å². The fourth-order valence-electron chi connectivity index (χ4n) is 2.58. The smallest absolute Gasteiger partial charge is 0.197 e. The second-order valence-corrected chi connectivity index (χ2v) is 5.59. The van der Waals surface area contributed by atoms with Gasteiger partial charge in [0.1, 0.15) is 29.1 Å². The molecule has 5 nitrogen and oxygen atoms in total. The van der Waals surface area contributed by atoms with Crippen molar-refractivity contribution >= 4 is 11.0 Å². The van der Waals surface area contributed by atoms with E-state index < -0.39 is 0 Å². The maximum absolute atomic E-state index is 13.0. The summed E-state index contributed by atoms with van der Waals surface area (Å²) in [5.74, 6) is 0.722. The molecule has 2 aromatic carbocycles. The van der Waals surface area contributed by atoms with Gasteiger partial charge in [0.2, 0.25) is 0 Å². The Kier molecular flexibility index (Phi) is 4.15. The summed E-state index contributed by atoms with van der Waals surface area (Å²) in [5, 5.41) is 0.342. The molecule has 0 saturated carbocycles. The van der Waals surface area contributed by atoms with Crippen LogP contribution in [-0.4, -0.2) is 9.97 Å². The Morgan fingerprint density at radius 3 is 2.54 bits per heavy atom. The molecular formula is C20H13FN2O3. The van der Waals surface area contributed by atoms with Gasteiger partial charge in [-0.2, -0.15) is 0 Å². The zero-order valence-electron chi connectivity index (χ0n) is 13.6. The first kappa shape index (κ1) is 16.0. The fourth-order valence-corrected chi connectivity index (χ4v) is 2.58. The Bertz CT molecular complexity index is 1110. The summed E-state index contributed by atoms with van der Waals surface area (Å²) in [6.07, 6.45) is 3.16. The molecule has 0 saturated heterocycles. The summed E-state index contributed by atoms with van der Waals surface area (Å²) in [6, 6.07) is 14.1. The molecule has 0 aliphatic heterocycles. The molecule has 0 atom stereocenters. The predicted molar refractivity (Wildman–Crippen MR) is 94.2 cm³/mol. The van der Waals surface area contributed by atoms with Crippen LogP contribution >= 0.6 is 0 Å². The van der Waals surface area contributed by atoms with Crippen LogP contribution in [0.1, 0.15) is 5.56 Å². The van der Waals surface area contributed by atoms with Gasteiger partial charge in [0.05, 0.1) is 0 Å². The highest BCUT2D eigenvalue weighted by Gasteiger charge is 2.13. The van der Waals surface area contributed by atoms with E-state index in [1.54, 1.807) is 48.8 Å². The molecule has 4 rings (SSSR count). The van der Waals surface area contributed by atoms with Gasteiger partial charge >= 0.3 is 0 Å². The Morgan fingerprint density at radius 1 is 1.00 bits per heavy atom. The molecule has 0 aliphatic carbocycles. The molecule has 0 amide bonds. The Labute approximate surface area is 147 Å². The Hall–Kier alpha value is -3.54. The van der Waals surface area contributed by atoms with Crippen molar-refractivity contribution in [3.05, 3.63) is 88.6 Å². The number of hydrogen-bond donors (Lipinski definition) is 0. The van der Waals surface area contributed by atoms with E-state index in [-0.39, 0.29) is 17.9 Å². The van der Waals surface area contributed by atoms with E-state index in [4.69, 9.17) is 9.15 Å². The van der Waals surface area contributed by atoms with Crippen molar-refractivity contribution in [2.45, 2.75) is 6.61 Å². The lowest BCUT2D eigenvalue weighted by atomic mass is 10.2. The van der Waals surface area contributed by atoms with Crippen LogP contribution in [-0.2, 0) is 6.61 Å². The Morgan fingerprint density at radius 2 is 1.77 bits per heavy atom. The minimum atomic E-state index is -0.310. The zero-order valence-corrected chi connectivity index (χ0v) is 13.6. The standard InChI is InChI=1S/C20H13FN2O3/c21-14-7-5-13(6-8-14)12-25-16-3-1-4-17-19(16)15(24)11-18(26-17)20-22-9-2-10-23-20/h1-11H,12H2. The van der Waals surface area contributed by atoms with Crippen LogP contribution in [0.25, 0.3) is 22.6 Å². The van der Waals surface area contributed by atoms with Crippen molar-refractivity contribution in [3.63, 3.8) is 0 Å². The van der Waals surface area contributed by atoms with E-state index in [2.05, 4.69) is 9.97 Å². The zero-order chi connectivity index (χ0) is 17.9. The minimum Gasteiger partial charge on any atom is -0.488 e. The SMILES string of the molecule is O=c1cc(-c2ncccn2)oc2cccc(OCc3ccc(F)cc3)c12. The lowest BCUT2D eigenvalue weighted by Crippen LogP contribution is -2.05. The highest BCUT2D eigenvalue weighted by atomic mass is 19.1. The molecule has 4 aromatic rings. The normalized spacial score (nSPS) is 10.8. The summed E-state index contributed by atoms with van der Waals surface area (Å²) in [5.41, 5.74) is 0.932. The van der Waals surface area contributed by atoms with Gasteiger partial charge < -0.3 is 9.15 Å². The van der Waals surface area contributed by atoms with Crippen molar-refractivity contribution in [2.24, 2.45) is 0 Å². The summed E-state index contributed by atoms with van der Waals surface area (Å²) in [6.45, 7) is 0.211. The van der Waals surface area contributed by atoms with E-state index in [1.165, 1.54) is 18.2 Å². The van der Waals surface area contributed by atoms with E-state index in [0.29, 0.717) is 28.3 Å². The third-order valence-corrected chi connectivity index (χ3v) is 3.81. The van der Waals surface area contributed by atoms with Crippen LogP contribution in [0.2, 0.25) is 0 Å². The van der Waals surface area contributed by atoms with Gasteiger partial charge in [-0.25, -0.2) is 14.4 Å². The van der Waals surface area contributed by atoms with Gasteiger partial charge in [-0.3, -0.25) is 4.79 Å². The molecule has 0 N–H and O–H groups in total. The molecule has 0 spiro atoms. The number of hydrogen-bond acceptors (Lipinski definition) is 5. The third kappa shape index (κ3) is 3.17. The highest BCUT2D eigenvalue weighted by Crippen LogP contribution is 2.26. The van der Waals surface area contributed by atoms with Crippen LogP contribution in [0.5, 0.6) is 5.75 Å². The molecule has 0 fully saturated rings. The van der Waals surface area contributed by atoms with Gasteiger partial charge in [0, 0.05) is 18.5 Å². The quantitative estimate of drug-likeness (QED) is 0.558. The van der Waals surface area contributed by atoms with Gasteiger partial charge in [-0.05, 0) is 35.9 Å². The van der Waals surface area contributed by atoms with E-state index in [0.717, 1.165) is 5.56 Å². The molecule has 26 heavy (non-hydrogen) atoms. The molecule has 2 heterocycles.